The van der Waals surface area contributed by atoms with Crippen LogP contribution in [0.4, 0.5) is 5.69 Å². The molecule has 1 heterocycles. The van der Waals surface area contributed by atoms with Gasteiger partial charge in [-0.1, -0.05) is 17.7 Å². The molecule has 2 aromatic rings. The van der Waals surface area contributed by atoms with E-state index >= 15 is 0 Å². The SMILES string of the molecule is CCOc1c(Cl)cccc1NC(=O)c1cc(Br)c2c(c1)OCCO2. The average Bonchev–Trinajstić information content (AvgIpc) is 2.58. The maximum absolute atomic E-state index is 12.6. The van der Waals surface area contributed by atoms with Gasteiger partial charge in [0.15, 0.2) is 17.2 Å². The van der Waals surface area contributed by atoms with Crippen molar-refractivity contribution in [1.82, 2.24) is 0 Å². The highest BCUT2D eigenvalue weighted by atomic mass is 79.9. The van der Waals surface area contributed by atoms with Crippen LogP contribution < -0.4 is 19.5 Å². The number of fused-ring (bicyclic) bond motifs is 1. The number of carbonyl (C=O) groups excluding carboxylic acids is 1. The molecular weight excluding hydrogens is 398 g/mol. The summed E-state index contributed by atoms with van der Waals surface area (Å²) < 4.78 is 17.3. The van der Waals surface area contributed by atoms with Crippen LogP contribution in [-0.4, -0.2) is 25.7 Å². The molecule has 0 unspecified atom stereocenters. The number of hydrogen-bond donors (Lipinski definition) is 1. The molecule has 2 aromatic carbocycles. The van der Waals surface area contributed by atoms with E-state index in [0.29, 0.717) is 57.8 Å². The minimum absolute atomic E-state index is 0.295. The summed E-state index contributed by atoms with van der Waals surface area (Å²) in [5.41, 5.74) is 0.953. The van der Waals surface area contributed by atoms with Gasteiger partial charge in [-0.15, -0.1) is 0 Å². The molecule has 7 heteroatoms. The highest BCUT2D eigenvalue weighted by molar-refractivity contribution is 9.10. The molecule has 0 saturated carbocycles. The standard InChI is InChI=1S/C17H15BrClNO4/c1-2-22-16-12(19)4-3-5-13(16)20-17(21)10-8-11(18)15-14(9-10)23-6-7-24-15/h3-5,8-9H,2,6-7H2,1H3,(H,20,21). The zero-order valence-corrected chi connectivity index (χ0v) is 15.2. The van der Waals surface area contributed by atoms with E-state index in [0.717, 1.165) is 0 Å². The number of para-hydroxylation sites is 1. The lowest BCUT2D eigenvalue weighted by atomic mass is 10.1. The number of carbonyl (C=O) groups is 1. The van der Waals surface area contributed by atoms with Gasteiger partial charge in [0.05, 0.1) is 21.8 Å². The summed E-state index contributed by atoms with van der Waals surface area (Å²) in [7, 11) is 0. The van der Waals surface area contributed by atoms with Crippen LogP contribution in [0.1, 0.15) is 17.3 Å². The van der Waals surface area contributed by atoms with Crippen molar-refractivity contribution in [3.05, 3.63) is 45.4 Å². The second-order valence-electron chi connectivity index (χ2n) is 4.99. The molecule has 0 bridgehead atoms. The third kappa shape index (κ3) is 3.44. The molecule has 0 aliphatic carbocycles. The van der Waals surface area contributed by atoms with Gasteiger partial charge in [-0.3, -0.25) is 4.79 Å². The topological polar surface area (TPSA) is 56.8 Å². The van der Waals surface area contributed by atoms with Crippen LogP contribution in [0.15, 0.2) is 34.8 Å². The van der Waals surface area contributed by atoms with Crippen molar-refractivity contribution in [2.45, 2.75) is 6.92 Å². The Morgan fingerprint density at radius 2 is 2.12 bits per heavy atom. The van der Waals surface area contributed by atoms with Crippen molar-refractivity contribution >= 4 is 39.1 Å². The van der Waals surface area contributed by atoms with E-state index in [9.17, 15) is 4.79 Å². The lowest BCUT2D eigenvalue weighted by Gasteiger charge is -2.20. The zero-order valence-electron chi connectivity index (χ0n) is 12.9. The molecule has 0 radical (unpaired) electrons. The highest BCUT2D eigenvalue weighted by Gasteiger charge is 2.20. The maximum Gasteiger partial charge on any atom is 0.255 e. The summed E-state index contributed by atoms with van der Waals surface area (Å²) in [6.07, 6.45) is 0. The normalized spacial score (nSPS) is 12.6. The van der Waals surface area contributed by atoms with E-state index < -0.39 is 0 Å². The molecule has 1 aliphatic rings. The summed E-state index contributed by atoms with van der Waals surface area (Å²) in [6.45, 7) is 3.24. The first-order valence-electron chi connectivity index (χ1n) is 7.42. The third-order valence-electron chi connectivity index (χ3n) is 3.36. The fourth-order valence-corrected chi connectivity index (χ4v) is 3.12. The number of amides is 1. The second-order valence-corrected chi connectivity index (χ2v) is 6.25. The van der Waals surface area contributed by atoms with E-state index in [1.54, 1.807) is 30.3 Å². The number of anilines is 1. The minimum atomic E-state index is -0.295. The zero-order chi connectivity index (χ0) is 17.1. The Labute approximate surface area is 153 Å². The highest BCUT2D eigenvalue weighted by Crippen LogP contribution is 2.39. The van der Waals surface area contributed by atoms with Gasteiger partial charge < -0.3 is 19.5 Å². The van der Waals surface area contributed by atoms with Gasteiger partial charge in [0, 0.05) is 5.56 Å². The lowest BCUT2D eigenvalue weighted by molar-refractivity contribution is 0.102. The van der Waals surface area contributed by atoms with E-state index in [1.165, 1.54) is 0 Å². The Bertz CT molecular complexity index is 781. The first-order valence-corrected chi connectivity index (χ1v) is 8.59. The number of benzene rings is 2. The molecular formula is C17H15BrClNO4. The van der Waals surface area contributed by atoms with Crippen molar-refractivity contribution in [1.29, 1.82) is 0 Å². The van der Waals surface area contributed by atoms with Crippen molar-refractivity contribution in [2.24, 2.45) is 0 Å². The van der Waals surface area contributed by atoms with Gasteiger partial charge in [0.1, 0.15) is 13.2 Å². The van der Waals surface area contributed by atoms with Crippen LogP contribution >= 0.6 is 27.5 Å². The number of ether oxygens (including phenoxy) is 3. The van der Waals surface area contributed by atoms with Crippen molar-refractivity contribution < 1.29 is 19.0 Å². The van der Waals surface area contributed by atoms with Crippen LogP contribution in [0.3, 0.4) is 0 Å². The molecule has 0 saturated heterocycles. The number of hydrogen-bond acceptors (Lipinski definition) is 4. The largest absolute Gasteiger partial charge is 0.490 e. The van der Waals surface area contributed by atoms with Gasteiger partial charge in [0.25, 0.3) is 5.91 Å². The van der Waals surface area contributed by atoms with E-state index in [1.807, 2.05) is 6.92 Å². The van der Waals surface area contributed by atoms with Crippen LogP contribution in [0.5, 0.6) is 17.2 Å². The van der Waals surface area contributed by atoms with Crippen molar-refractivity contribution in [3.63, 3.8) is 0 Å². The number of nitrogens with one attached hydrogen (secondary N) is 1. The van der Waals surface area contributed by atoms with Crippen LogP contribution in [0.2, 0.25) is 5.02 Å². The van der Waals surface area contributed by atoms with Crippen LogP contribution in [0, 0.1) is 0 Å². The molecule has 0 spiro atoms. The third-order valence-corrected chi connectivity index (χ3v) is 4.25. The summed E-state index contributed by atoms with van der Waals surface area (Å²) in [5.74, 6) is 1.30. The molecule has 1 N–H and O–H groups in total. The Balaban J connectivity index is 1.88. The molecule has 0 fully saturated rings. The lowest BCUT2D eigenvalue weighted by Crippen LogP contribution is -2.18. The predicted molar refractivity (Wildman–Crippen MR) is 95.7 cm³/mol. The number of rotatable bonds is 4. The Morgan fingerprint density at radius 1 is 1.33 bits per heavy atom. The first-order chi connectivity index (χ1) is 11.6. The summed E-state index contributed by atoms with van der Waals surface area (Å²) in [5, 5.41) is 3.26. The second kappa shape index (κ2) is 7.32. The molecule has 3 rings (SSSR count). The number of halogens is 2. The van der Waals surface area contributed by atoms with Crippen LogP contribution in [0.25, 0.3) is 0 Å². The van der Waals surface area contributed by atoms with Gasteiger partial charge in [-0.2, -0.15) is 0 Å². The van der Waals surface area contributed by atoms with Gasteiger partial charge >= 0.3 is 0 Å². The van der Waals surface area contributed by atoms with E-state index in [2.05, 4.69) is 21.2 Å². The first kappa shape index (κ1) is 16.9. The van der Waals surface area contributed by atoms with Crippen LogP contribution in [-0.2, 0) is 0 Å². The summed E-state index contributed by atoms with van der Waals surface area (Å²) in [6, 6.07) is 8.54. The van der Waals surface area contributed by atoms with Gasteiger partial charge in [-0.05, 0) is 47.1 Å². The molecule has 1 aliphatic heterocycles. The van der Waals surface area contributed by atoms with Crippen molar-refractivity contribution in [2.75, 3.05) is 25.1 Å². The van der Waals surface area contributed by atoms with E-state index in [4.69, 9.17) is 25.8 Å². The average molecular weight is 413 g/mol. The quantitative estimate of drug-likeness (QED) is 0.802. The van der Waals surface area contributed by atoms with Gasteiger partial charge in [0.2, 0.25) is 0 Å². The van der Waals surface area contributed by atoms with Gasteiger partial charge in [-0.25, -0.2) is 0 Å². The molecule has 1 amide bonds. The fourth-order valence-electron chi connectivity index (χ4n) is 2.33. The molecule has 24 heavy (non-hydrogen) atoms. The molecule has 0 atom stereocenters. The molecule has 126 valence electrons. The summed E-state index contributed by atoms with van der Waals surface area (Å²) >= 11 is 9.54. The minimum Gasteiger partial charge on any atom is -0.490 e. The van der Waals surface area contributed by atoms with Crippen molar-refractivity contribution in [3.8, 4) is 17.2 Å². The Hall–Kier alpha value is -1.92. The fraction of sp³-hybridized carbons (Fsp3) is 0.235. The Kier molecular flexibility index (Phi) is 5.16. The summed E-state index contributed by atoms with van der Waals surface area (Å²) in [4.78, 5) is 12.6. The smallest absolute Gasteiger partial charge is 0.255 e. The van der Waals surface area contributed by atoms with E-state index in [-0.39, 0.29) is 5.91 Å². The Morgan fingerprint density at radius 3 is 2.92 bits per heavy atom. The maximum atomic E-state index is 12.6. The monoisotopic (exact) mass is 411 g/mol. The molecule has 5 nitrogen and oxygen atoms in total. The molecule has 0 aromatic heterocycles. The predicted octanol–water partition coefficient (Wildman–Crippen LogP) is 4.52.